The number of unbranched alkanes of at least 4 members (excludes halogenated alkanes) is 1. The number of esters is 1. The summed E-state index contributed by atoms with van der Waals surface area (Å²) in [6, 6.07) is 4.95. The molecule has 0 radical (unpaired) electrons. The van der Waals surface area contributed by atoms with E-state index in [1.807, 2.05) is 6.92 Å². The van der Waals surface area contributed by atoms with Gasteiger partial charge in [0.05, 0.1) is 12.0 Å². The average Bonchev–Trinajstić information content (AvgIpc) is 2.79. The summed E-state index contributed by atoms with van der Waals surface area (Å²) in [7, 11) is 0. The number of hydrogen-bond donors (Lipinski definition) is 3. The number of amides is 3. The highest BCUT2D eigenvalue weighted by atomic mass is 16.5. The molecule has 2 aromatic rings. The van der Waals surface area contributed by atoms with E-state index in [0.29, 0.717) is 17.6 Å². The van der Waals surface area contributed by atoms with Crippen LogP contribution in [0.4, 0.5) is 0 Å². The van der Waals surface area contributed by atoms with Crippen LogP contribution < -0.4 is 16.1 Å². The first kappa shape index (κ1) is 24.2. The summed E-state index contributed by atoms with van der Waals surface area (Å²) < 4.78 is 4.95. The molecule has 1 saturated heterocycles. The number of aromatic nitrogens is 1. The summed E-state index contributed by atoms with van der Waals surface area (Å²) in [5.41, 5.74) is -0.765. The van der Waals surface area contributed by atoms with Crippen LogP contribution in [0.15, 0.2) is 29.2 Å². The number of fused-ring (bicyclic) bond motifs is 1. The lowest BCUT2D eigenvalue weighted by molar-refractivity contribution is -0.138. The van der Waals surface area contributed by atoms with Gasteiger partial charge in [-0.05, 0) is 43.9 Å². The van der Waals surface area contributed by atoms with Crippen molar-refractivity contribution >= 4 is 34.6 Å². The van der Waals surface area contributed by atoms with Crippen molar-refractivity contribution in [2.24, 2.45) is 0 Å². The van der Waals surface area contributed by atoms with Crippen molar-refractivity contribution in [1.82, 2.24) is 15.6 Å². The Kier molecular flexibility index (Phi) is 7.63. The fraction of sp³-hybridized carbons (Fsp3) is 0.458. The Bertz CT molecular complexity index is 1140. The van der Waals surface area contributed by atoms with E-state index in [9.17, 15) is 24.0 Å². The first-order chi connectivity index (χ1) is 15.8. The predicted octanol–water partition coefficient (Wildman–Crippen LogP) is 2.08. The van der Waals surface area contributed by atoms with Crippen molar-refractivity contribution < 1.29 is 23.9 Å². The lowest BCUT2D eigenvalue weighted by Gasteiger charge is -2.36. The molecule has 176 valence electrons. The molecule has 0 bridgehead atoms. The second-order valence-electron chi connectivity index (χ2n) is 8.18. The van der Waals surface area contributed by atoms with E-state index in [1.54, 1.807) is 25.1 Å². The number of pyridine rings is 1. The summed E-state index contributed by atoms with van der Waals surface area (Å²) in [4.78, 5) is 65.3. The van der Waals surface area contributed by atoms with E-state index in [1.165, 1.54) is 6.20 Å². The molecule has 1 fully saturated rings. The number of imide groups is 1. The van der Waals surface area contributed by atoms with Crippen LogP contribution in [-0.4, -0.2) is 41.8 Å². The maximum absolute atomic E-state index is 13.1. The van der Waals surface area contributed by atoms with Crippen LogP contribution in [-0.2, 0) is 24.5 Å². The SMILES string of the molecule is CCCCNC(=O)CCC1(c2ccc3[nH]cc(C(=O)OCC)c(=O)c3c2)CCC(=O)NC1=O. The Hall–Kier alpha value is -3.49. The molecule has 1 aromatic heterocycles. The second-order valence-corrected chi connectivity index (χ2v) is 8.18. The molecule has 3 rings (SSSR count). The van der Waals surface area contributed by atoms with E-state index in [0.717, 1.165) is 12.8 Å². The van der Waals surface area contributed by atoms with Crippen LogP contribution in [0.5, 0.6) is 0 Å². The lowest BCUT2D eigenvalue weighted by Crippen LogP contribution is -2.52. The Balaban J connectivity index is 2.00. The molecule has 9 nitrogen and oxygen atoms in total. The van der Waals surface area contributed by atoms with Gasteiger partial charge in [0.2, 0.25) is 23.2 Å². The smallest absolute Gasteiger partial charge is 0.343 e. The predicted molar refractivity (Wildman–Crippen MR) is 122 cm³/mol. The minimum Gasteiger partial charge on any atom is -0.462 e. The summed E-state index contributed by atoms with van der Waals surface area (Å²) in [5.74, 6) is -1.76. The Morgan fingerprint density at radius 1 is 1.18 bits per heavy atom. The molecule has 9 heteroatoms. The van der Waals surface area contributed by atoms with Gasteiger partial charge in [-0.25, -0.2) is 4.79 Å². The molecule has 0 aliphatic carbocycles. The van der Waals surface area contributed by atoms with E-state index in [4.69, 9.17) is 4.74 Å². The molecule has 1 aliphatic heterocycles. The number of carbonyl (C=O) groups excluding carboxylic acids is 4. The van der Waals surface area contributed by atoms with Gasteiger partial charge in [0.15, 0.2) is 0 Å². The zero-order valence-electron chi connectivity index (χ0n) is 18.9. The maximum Gasteiger partial charge on any atom is 0.343 e. The molecular weight excluding hydrogens is 426 g/mol. The third-order valence-corrected chi connectivity index (χ3v) is 6.03. The van der Waals surface area contributed by atoms with Gasteiger partial charge in [-0.2, -0.15) is 0 Å². The van der Waals surface area contributed by atoms with Crippen molar-refractivity contribution in [2.75, 3.05) is 13.2 Å². The quantitative estimate of drug-likeness (QED) is 0.301. The molecule has 0 spiro atoms. The molecule has 1 aromatic carbocycles. The van der Waals surface area contributed by atoms with Crippen LogP contribution >= 0.6 is 0 Å². The molecule has 0 saturated carbocycles. The zero-order valence-corrected chi connectivity index (χ0v) is 18.9. The van der Waals surface area contributed by atoms with Gasteiger partial charge in [-0.3, -0.25) is 24.5 Å². The zero-order chi connectivity index (χ0) is 24.0. The fourth-order valence-electron chi connectivity index (χ4n) is 4.10. The maximum atomic E-state index is 13.1. The van der Waals surface area contributed by atoms with Gasteiger partial charge in [0.1, 0.15) is 5.56 Å². The normalized spacial score (nSPS) is 18.1. The number of rotatable bonds is 9. The number of ether oxygens (including phenoxy) is 1. The molecular formula is C24H29N3O6. The van der Waals surface area contributed by atoms with Gasteiger partial charge in [0.25, 0.3) is 0 Å². The molecule has 3 N–H and O–H groups in total. The van der Waals surface area contributed by atoms with Crippen LogP contribution in [0.2, 0.25) is 0 Å². The topological polar surface area (TPSA) is 134 Å². The number of H-pyrrole nitrogens is 1. The lowest BCUT2D eigenvalue weighted by atomic mass is 9.70. The molecule has 1 aliphatic rings. The van der Waals surface area contributed by atoms with E-state index >= 15 is 0 Å². The number of hydrogen-bond acceptors (Lipinski definition) is 6. The number of piperidine rings is 1. The molecule has 3 amide bonds. The highest BCUT2D eigenvalue weighted by molar-refractivity contribution is 6.04. The second kappa shape index (κ2) is 10.4. The van der Waals surface area contributed by atoms with Crippen LogP contribution in [0.3, 0.4) is 0 Å². The van der Waals surface area contributed by atoms with E-state index < -0.39 is 22.7 Å². The standard InChI is InChI=1S/C24H29N3O6/c1-3-5-12-25-19(28)8-10-24(11-9-20(29)27-23(24)32)15-6-7-18-16(13-15)21(30)17(14-26-18)22(31)33-4-2/h6-7,13-14H,3-5,8-12H2,1-2H3,(H,25,28)(H,26,30)(H,27,29,32). The fourth-order valence-corrected chi connectivity index (χ4v) is 4.10. The average molecular weight is 456 g/mol. The van der Waals surface area contributed by atoms with Crippen molar-refractivity contribution in [3.05, 3.63) is 45.7 Å². The summed E-state index contributed by atoms with van der Waals surface area (Å²) in [5, 5.41) is 5.46. The number of nitrogens with one attached hydrogen (secondary N) is 3. The third-order valence-electron chi connectivity index (χ3n) is 6.03. The molecule has 2 heterocycles. The summed E-state index contributed by atoms with van der Waals surface area (Å²) in [6.07, 6.45) is 3.76. The van der Waals surface area contributed by atoms with Gasteiger partial charge < -0.3 is 15.0 Å². The number of aromatic amines is 1. The van der Waals surface area contributed by atoms with Crippen molar-refractivity contribution in [2.45, 2.75) is 57.8 Å². The summed E-state index contributed by atoms with van der Waals surface area (Å²) in [6.45, 7) is 4.37. The minimum atomic E-state index is -1.14. The largest absolute Gasteiger partial charge is 0.462 e. The first-order valence-corrected chi connectivity index (χ1v) is 11.3. The number of carbonyl (C=O) groups is 4. The van der Waals surface area contributed by atoms with Crippen LogP contribution in [0, 0.1) is 0 Å². The molecule has 33 heavy (non-hydrogen) atoms. The summed E-state index contributed by atoms with van der Waals surface area (Å²) >= 11 is 0. The van der Waals surface area contributed by atoms with Crippen LogP contribution in [0.1, 0.15) is 68.3 Å². The van der Waals surface area contributed by atoms with Gasteiger partial charge in [0, 0.05) is 36.5 Å². The van der Waals surface area contributed by atoms with Gasteiger partial charge in [-0.15, -0.1) is 0 Å². The number of benzene rings is 1. The van der Waals surface area contributed by atoms with E-state index in [2.05, 4.69) is 15.6 Å². The molecule has 1 unspecified atom stereocenters. The first-order valence-electron chi connectivity index (χ1n) is 11.3. The van der Waals surface area contributed by atoms with Crippen LogP contribution in [0.25, 0.3) is 10.9 Å². The Morgan fingerprint density at radius 2 is 1.97 bits per heavy atom. The highest BCUT2D eigenvalue weighted by Crippen LogP contribution is 2.38. The van der Waals surface area contributed by atoms with Crippen molar-refractivity contribution in [3.63, 3.8) is 0 Å². The third kappa shape index (κ3) is 5.13. The molecule has 1 atom stereocenters. The monoisotopic (exact) mass is 455 g/mol. The highest BCUT2D eigenvalue weighted by Gasteiger charge is 2.44. The minimum absolute atomic E-state index is 0.0998. The van der Waals surface area contributed by atoms with Gasteiger partial charge >= 0.3 is 5.97 Å². The van der Waals surface area contributed by atoms with Crippen molar-refractivity contribution in [3.8, 4) is 0 Å². The Labute approximate surface area is 191 Å². The Morgan fingerprint density at radius 3 is 2.67 bits per heavy atom. The van der Waals surface area contributed by atoms with Crippen molar-refractivity contribution in [1.29, 1.82) is 0 Å². The van der Waals surface area contributed by atoms with E-state index in [-0.39, 0.29) is 55.1 Å². The van der Waals surface area contributed by atoms with Gasteiger partial charge in [-0.1, -0.05) is 19.4 Å².